The molecule has 0 unspecified atom stereocenters. The van der Waals surface area contributed by atoms with Gasteiger partial charge in [0, 0.05) is 29.1 Å². The molecule has 0 aliphatic carbocycles. The molecule has 2 amide bonds. The molecular weight excluding hydrogens is 553 g/mol. The quantitative estimate of drug-likeness (QED) is 0.214. The maximum atomic E-state index is 12.9. The largest absolute Gasteiger partial charge is 0.490 e. The summed E-state index contributed by atoms with van der Waals surface area (Å²) in [5.41, 5.74) is 4.35. The number of hydrogen-bond acceptors (Lipinski definition) is 5. The van der Waals surface area contributed by atoms with Gasteiger partial charge in [0.05, 0.1) is 17.3 Å². The Kier molecular flexibility index (Phi) is 10.3. The second kappa shape index (κ2) is 13.6. The number of ether oxygens (including phenoxy) is 2. The van der Waals surface area contributed by atoms with Gasteiger partial charge in [-0.15, -0.1) is 0 Å². The molecule has 0 fully saturated rings. The second-order valence-electron chi connectivity index (χ2n) is 7.49. The molecule has 0 saturated heterocycles. The molecule has 0 saturated carbocycles. The third kappa shape index (κ3) is 8.35. The van der Waals surface area contributed by atoms with Gasteiger partial charge in [-0.05, 0) is 70.9 Å². The average Bonchev–Trinajstić information content (AvgIpc) is 2.85. The van der Waals surface area contributed by atoms with E-state index in [1.807, 2.05) is 25.1 Å². The molecule has 36 heavy (non-hydrogen) atoms. The van der Waals surface area contributed by atoms with Crippen molar-refractivity contribution in [2.45, 2.75) is 26.4 Å². The van der Waals surface area contributed by atoms with Crippen molar-refractivity contribution in [3.8, 4) is 11.5 Å². The van der Waals surface area contributed by atoms with Crippen LogP contribution in [0.5, 0.6) is 11.5 Å². The summed E-state index contributed by atoms with van der Waals surface area (Å²) >= 11 is 9.71. The standard InChI is InChI=1S/C26H24BrClFN3O4/c1-2-35-23-14-17(13-21(27)26(23)36-16-18-5-3-4-6-22(18)28)15-30-32-25(34)12-11-24(33)31-20-9-7-19(29)8-10-20/h3-10,13-15H,2,11-12,16H2,1H3,(H,31,33)(H,32,34). The van der Waals surface area contributed by atoms with E-state index in [1.165, 1.54) is 30.5 Å². The SMILES string of the molecule is CCOc1cc(C=NNC(=O)CCC(=O)Nc2ccc(F)cc2)cc(Br)c1OCc1ccccc1Cl. The predicted octanol–water partition coefficient (Wildman–Crippen LogP) is 6.09. The van der Waals surface area contributed by atoms with E-state index >= 15 is 0 Å². The molecule has 0 aromatic heterocycles. The highest BCUT2D eigenvalue weighted by Crippen LogP contribution is 2.37. The zero-order chi connectivity index (χ0) is 25.9. The van der Waals surface area contributed by atoms with Gasteiger partial charge in [-0.2, -0.15) is 5.10 Å². The number of benzene rings is 3. The molecule has 0 radical (unpaired) electrons. The monoisotopic (exact) mass is 575 g/mol. The van der Waals surface area contributed by atoms with E-state index in [0.717, 1.165) is 5.56 Å². The third-order valence-corrected chi connectivity index (χ3v) is 5.73. The van der Waals surface area contributed by atoms with Crippen LogP contribution in [0.2, 0.25) is 5.02 Å². The van der Waals surface area contributed by atoms with Crippen molar-refractivity contribution in [2.24, 2.45) is 5.10 Å². The topological polar surface area (TPSA) is 89.0 Å². The first-order chi connectivity index (χ1) is 17.4. The molecule has 0 atom stereocenters. The maximum absolute atomic E-state index is 12.9. The van der Waals surface area contributed by atoms with E-state index < -0.39 is 11.7 Å². The minimum absolute atomic E-state index is 0.0454. The van der Waals surface area contributed by atoms with Crippen molar-refractivity contribution in [3.05, 3.63) is 87.1 Å². The van der Waals surface area contributed by atoms with Crippen LogP contribution in [0.4, 0.5) is 10.1 Å². The smallest absolute Gasteiger partial charge is 0.240 e. The normalized spacial score (nSPS) is 10.8. The summed E-state index contributed by atoms with van der Waals surface area (Å²) in [6.07, 6.45) is 1.35. The molecular formula is C26H24BrClFN3O4. The molecule has 7 nitrogen and oxygen atoms in total. The Hall–Kier alpha value is -3.43. The Balaban J connectivity index is 1.54. The van der Waals surface area contributed by atoms with Gasteiger partial charge in [0.15, 0.2) is 11.5 Å². The Bertz CT molecular complexity index is 1240. The fourth-order valence-electron chi connectivity index (χ4n) is 3.05. The van der Waals surface area contributed by atoms with Crippen molar-refractivity contribution in [2.75, 3.05) is 11.9 Å². The van der Waals surface area contributed by atoms with E-state index in [0.29, 0.717) is 38.9 Å². The number of amides is 2. The highest BCUT2D eigenvalue weighted by Gasteiger charge is 2.13. The lowest BCUT2D eigenvalue weighted by atomic mass is 10.2. The van der Waals surface area contributed by atoms with Crippen LogP contribution in [0.3, 0.4) is 0 Å². The number of hydrogen-bond donors (Lipinski definition) is 2. The molecule has 0 heterocycles. The zero-order valence-corrected chi connectivity index (χ0v) is 21.7. The molecule has 3 aromatic carbocycles. The second-order valence-corrected chi connectivity index (χ2v) is 8.75. The Labute approximate surface area is 221 Å². The first-order valence-corrected chi connectivity index (χ1v) is 12.2. The summed E-state index contributed by atoms with van der Waals surface area (Å²) in [4.78, 5) is 24.0. The van der Waals surface area contributed by atoms with Crippen molar-refractivity contribution in [1.82, 2.24) is 5.43 Å². The third-order valence-electron chi connectivity index (χ3n) is 4.77. The molecule has 0 spiro atoms. The van der Waals surface area contributed by atoms with Crippen LogP contribution >= 0.6 is 27.5 Å². The lowest BCUT2D eigenvalue weighted by molar-refractivity contribution is -0.124. The molecule has 10 heteroatoms. The zero-order valence-electron chi connectivity index (χ0n) is 19.4. The number of hydrazone groups is 1. The highest BCUT2D eigenvalue weighted by atomic mass is 79.9. The molecule has 3 aromatic rings. The Morgan fingerprint density at radius 3 is 2.50 bits per heavy atom. The van der Waals surface area contributed by atoms with Gasteiger partial charge in [0.2, 0.25) is 11.8 Å². The molecule has 0 aliphatic heterocycles. The minimum atomic E-state index is -0.427. The van der Waals surface area contributed by atoms with Crippen molar-refractivity contribution < 1.29 is 23.5 Å². The number of nitrogens with one attached hydrogen (secondary N) is 2. The molecule has 188 valence electrons. The van der Waals surface area contributed by atoms with E-state index in [9.17, 15) is 14.0 Å². The van der Waals surface area contributed by atoms with E-state index in [1.54, 1.807) is 18.2 Å². The molecule has 0 aliphatic rings. The summed E-state index contributed by atoms with van der Waals surface area (Å²) in [7, 11) is 0. The lowest BCUT2D eigenvalue weighted by Crippen LogP contribution is -2.20. The molecule has 2 N–H and O–H groups in total. The number of nitrogens with zero attached hydrogens (tertiary/aromatic N) is 1. The summed E-state index contributed by atoms with van der Waals surface area (Å²) in [6, 6.07) is 16.3. The van der Waals surface area contributed by atoms with Crippen LogP contribution in [0.1, 0.15) is 30.9 Å². The number of carbonyl (C=O) groups excluding carboxylic acids is 2. The van der Waals surface area contributed by atoms with Gasteiger partial charge in [0.1, 0.15) is 12.4 Å². The van der Waals surface area contributed by atoms with Crippen molar-refractivity contribution in [1.29, 1.82) is 0 Å². The number of anilines is 1. The average molecular weight is 577 g/mol. The summed E-state index contributed by atoms with van der Waals surface area (Å²) < 4.78 is 25.3. The molecule has 3 rings (SSSR count). The van der Waals surface area contributed by atoms with Crippen molar-refractivity contribution in [3.63, 3.8) is 0 Å². The van der Waals surface area contributed by atoms with E-state index in [4.69, 9.17) is 21.1 Å². The summed E-state index contributed by atoms with van der Waals surface area (Å²) in [6.45, 7) is 2.54. The van der Waals surface area contributed by atoms with Crippen LogP contribution in [0, 0.1) is 5.82 Å². The van der Waals surface area contributed by atoms with Gasteiger partial charge in [-0.3, -0.25) is 9.59 Å². The fourth-order valence-corrected chi connectivity index (χ4v) is 3.81. The van der Waals surface area contributed by atoms with E-state index in [2.05, 4.69) is 31.8 Å². The lowest BCUT2D eigenvalue weighted by Gasteiger charge is -2.15. The van der Waals surface area contributed by atoms with Gasteiger partial charge in [-0.25, -0.2) is 9.82 Å². The predicted molar refractivity (Wildman–Crippen MR) is 141 cm³/mol. The van der Waals surface area contributed by atoms with Crippen LogP contribution < -0.4 is 20.2 Å². The first kappa shape index (κ1) is 27.2. The van der Waals surface area contributed by atoms with Gasteiger partial charge >= 0.3 is 0 Å². The van der Waals surface area contributed by atoms with Gasteiger partial charge < -0.3 is 14.8 Å². The number of rotatable bonds is 11. The number of carbonyl (C=O) groups is 2. The maximum Gasteiger partial charge on any atom is 0.240 e. The fraction of sp³-hybridized carbons (Fsp3) is 0.192. The van der Waals surface area contributed by atoms with E-state index in [-0.39, 0.29) is 25.4 Å². The van der Waals surface area contributed by atoms with Crippen LogP contribution in [-0.2, 0) is 16.2 Å². The minimum Gasteiger partial charge on any atom is -0.490 e. The van der Waals surface area contributed by atoms with Crippen LogP contribution in [0.15, 0.2) is 70.2 Å². The van der Waals surface area contributed by atoms with Crippen LogP contribution in [-0.4, -0.2) is 24.6 Å². The van der Waals surface area contributed by atoms with Crippen LogP contribution in [0.25, 0.3) is 0 Å². The Morgan fingerprint density at radius 1 is 1.06 bits per heavy atom. The number of halogens is 3. The Morgan fingerprint density at radius 2 is 1.78 bits per heavy atom. The van der Waals surface area contributed by atoms with Crippen molar-refractivity contribution >= 4 is 51.2 Å². The highest BCUT2D eigenvalue weighted by molar-refractivity contribution is 9.10. The summed E-state index contributed by atoms with van der Waals surface area (Å²) in [5, 5.41) is 7.17. The first-order valence-electron chi connectivity index (χ1n) is 11.1. The van der Waals surface area contributed by atoms with Gasteiger partial charge in [0.25, 0.3) is 0 Å². The summed E-state index contributed by atoms with van der Waals surface area (Å²) in [5.74, 6) is -0.165. The molecule has 0 bridgehead atoms. The van der Waals surface area contributed by atoms with Gasteiger partial charge in [-0.1, -0.05) is 29.8 Å².